The van der Waals surface area contributed by atoms with Gasteiger partial charge in [-0.1, -0.05) is 37.5 Å². The Kier molecular flexibility index (Phi) is 3.58. The largest absolute Gasteiger partial charge is 0.456 e. The maximum absolute atomic E-state index is 14.1. The van der Waals surface area contributed by atoms with Crippen LogP contribution in [0.25, 0.3) is 0 Å². The number of halogens is 1. The Morgan fingerprint density at radius 2 is 1.73 bits per heavy atom. The van der Waals surface area contributed by atoms with Gasteiger partial charge in [0.15, 0.2) is 5.78 Å². The van der Waals surface area contributed by atoms with Gasteiger partial charge in [-0.05, 0) is 32.8 Å². The Balaban J connectivity index is 2.02. The molecule has 3 rings (SSSR count). The van der Waals surface area contributed by atoms with E-state index in [0.29, 0.717) is 12.8 Å². The molecule has 1 spiro atoms. The molecule has 1 aliphatic heterocycles. The standard InChI is InChI=1S/C18H21FO3/c1-17(2)14(12-8-4-5-9-13(12)19)22-16(21)18(15(17)20)10-6-3-7-11-18/h4-5,8-9,14H,3,6-7,10-11H2,1-2H3. The van der Waals surface area contributed by atoms with E-state index in [0.717, 1.165) is 19.3 Å². The normalized spacial score (nSPS) is 26.8. The third-order valence-electron chi connectivity index (χ3n) is 5.19. The molecule has 1 heterocycles. The number of ketones is 1. The van der Waals surface area contributed by atoms with E-state index in [-0.39, 0.29) is 11.3 Å². The Bertz CT molecular complexity index is 615. The zero-order valence-electron chi connectivity index (χ0n) is 13.0. The van der Waals surface area contributed by atoms with Crippen LogP contribution in [0.5, 0.6) is 0 Å². The van der Waals surface area contributed by atoms with E-state index in [9.17, 15) is 14.0 Å². The monoisotopic (exact) mass is 304 g/mol. The van der Waals surface area contributed by atoms with Crippen molar-refractivity contribution in [2.24, 2.45) is 10.8 Å². The number of carbonyl (C=O) groups is 2. The molecule has 0 aromatic heterocycles. The molecular formula is C18H21FO3. The lowest BCUT2D eigenvalue weighted by Gasteiger charge is -2.47. The lowest BCUT2D eigenvalue weighted by atomic mass is 9.60. The first-order chi connectivity index (χ1) is 10.4. The topological polar surface area (TPSA) is 43.4 Å². The van der Waals surface area contributed by atoms with Crippen molar-refractivity contribution in [2.45, 2.75) is 52.1 Å². The summed E-state index contributed by atoms with van der Waals surface area (Å²) < 4.78 is 19.7. The fraction of sp³-hybridized carbons (Fsp3) is 0.556. The zero-order valence-corrected chi connectivity index (χ0v) is 13.0. The van der Waals surface area contributed by atoms with Crippen molar-refractivity contribution < 1.29 is 18.7 Å². The maximum atomic E-state index is 14.1. The van der Waals surface area contributed by atoms with Crippen molar-refractivity contribution in [2.75, 3.05) is 0 Å². The average Bonchev–Trinajstić information content (AvgIpc) is 2.52. The number of hydrogen-bond acceptors (Lipinski definition) is 3. The van der Waals surface area contributed by atoms with Crippen LogP contribution >= 0.6 is 0 Å². The highest BCUT2D eigenvalue weighted by molar-refractivity contribution is 6.08. The zero-order chi connectivity index (χ0) is 16.0. The van der Waals surface area contributed by atoms with Crippen LogP contribution < -0.4 is 0 Å². The highest BCUT2D eigenvalue weighted by atomic mass is 19.1. The van der Waals surface area contributed by atoms with Crippen LogP contribution in [0.1, 0.15) is 57.6 Å². The summed E-state index contributed by atoms with van der Waals surface area (Å²) in [6.45, 7) is 3.52. The quantitative estimate of drug-likeness (QED) is 0.582. The van der Waals surface area contributed by atoms with Crippen molar-refractivity contribution >= 4 is 11.8 Å². The van der Waals surface area contributed by atoms with Crippen molar-refractivity contribution in [1.29, 1.82) is 0 Å². The van der Waals surface area contributed by atoms with E-state index in [1.54, 1.807) is 32.0 Å². The number of benzene rings is 1. The SMILES string of the molecule is CC1(C)C(=O)C2(CCCCC2)C(=O)OC1c1ccccc1F. The second-order valence-electron chi connectivity index (χ2n) is 7.00. The van der Waals surface area contributed by atoms with Crippen LogP contribution in [0.4, 0.5) is 4.39 Å². The molecule has 1 atom stereocenters. The predicted molar refractivity (Wildman–Crippen MR) is 79.5 cm³/mol. The average molecular weight is 304 g/mol. The van der Waals surface area contributed by atoms with E-state index in [1.165, 1.54) is 6.07 Å². The Labute approximate surface area is 129 Å². The molecule has 0 N–H and O–H groups in total. The fourth-order valence-electron chi connectivity index (χ4n) is 3.92. The Morgan fingerprint density at radius 3 is 2.36 bits per heavy atom. The number of carbonyl (C=O) groups excluding carboxylic acids is 2. The first-order valence-electron chi connectivity index (χ1n) is 7.90. The van der Waals surface area contributed by atoms with Crippen LogP contribution in [0.2, 0.25) is 0 Å². The van der Waals surface area contributed by atoms with E-state index in [1.807, 2.05) is 0 Å². The van der Waals surface area contributed by atoms with Gasteiger partial charge in [0, 0.05) is 5.56 Å². The Morgan fingerprint density at radius 1 is 1.09 bits per heavy atom. The second-order valence-corrected chi connectivity index (χ2v) is 7.00. The summed E-state index contributed by atoms with van der Waals surface area (Å²) in [5.74, 6) is -1.00. The number of esters is 1. The summed E-state index contributed by atoms with van der Waals surface area (Å²) in [6, 6.07) is 6.19. The number of hydrogen-bond donors (Lipinski definition) is 0. The molecule has 1 saturated carbocycles. The van der Waals surface area contributed by atoms with Gasteiger partial charge in [0.2, 0.25) is 0 Å². The van der Waals surface area contributed by atoms with Crippen LogP contribution in [0.15, 0.2) is 24.3 Å². The van der Waals surface area contributed by atoms with Crippen molar-refractivity contribution in [3.8, 4) is 0 Å². The second kappa shape index (κ2) is 5.18. The number of rotatable bonds is 1. The minimum absolute atomic E-state index is 0.0933. The van der Waals surface area contributed by atoms with Gasteiger partial charge in [-0.3, -0.25) is 9.59 Å². The minimum atomic E-state index is -1.01. The molecule has 0 radical (unpaired) electrons. The van der Waals surface area contributed by atoms with E-state index >= 15 is 0 Å². The first-order valence-corrected chi connectivity index (χ1v) is 7.90. The molecule has 22 heavy (non-hydrogen) atoms. The highest BCUT2D eigenvalue weighted by Gasteiger charge is 2.60. The van der Waals surface area contributed by atoms with Crippen molar-refractivity contribution in [1.82, 2.24) is 0 Å². The molecule has 2 aliphatic rings. The first kappa shape index (κ1) is 15.2. The molecule has 4 heteroatoms. The summed E-state index contributed by atoms with van der Waals surface area (Å²) in [6.07, 6.45) is 3.01. The third-order valence-corrected chi connectivity index (χ3v) is 5.19. The lowest BCUT2D eigenvalue weighted by Crippen LogP contribution is -2.55. The summed E-state index contributed by atoms with van der Waals surface area (Å²) in [4.78, 5) is 25.7. The smallest absolute Gasteiger partial charge is 0.320 e. The lowest BCUT2D eigenvalue weighted by molar-refractivity contribution is -0.192. The summed E-state index contributed by atoms with van der Waals surface area (Å²) >= 11 is 0. The number of ether oxygens (including phenoxy) is 1. The molecule has 3 nitrogen and oxygen atoms in total. The molecule has 1 aromatic carbocycles. The van der Waals surface area contributed by atoms with Crippen molar-refractivity contribution in [3.63, 3.8) is 0 Å². The minimum Gasteiger partial charge on any atom is -0.456 e. The van der Waals surface area contributed by atoms with E-state index in [2.05, 4.69) is 0 Å². The van der Waals surface area contributed by atoms with Gasteiger partial charge in [0.1, 0.15) is 17.3 Å². The van der Waals surface area contributed by atoms with Gasteiger partial charge in [-0.2, -0.15) is 0 Å². The van der Waals surface area contributed by atoms with Crippen LogP contribution in [-0.2, 0) is 14.3 Å². The van der Waals surface area contributed by atoms with Crippen LogP contribution in [0.3, 0.4) is 0 Å². The molecule has 0 amide bonds. The van der Waals surface area contributed by atoms with Crippen molar-refractivity contribution in [3.05, 3.63) is 35.6 Å². The van der Waals surface area contributed by atoms with Gasteiger partial charge in [-0.25, -0.2) is 4.39 Å². The van der Waals surface area contributed by atoms with E-state index in [4.69, 9.17) is 4.74 Å². The predicted octanol–water partition coefficient (Wildman–Crippen LogP) is 3.97. The van der Waals surface area contributed by atoms with E-state index < -0.39 is 28.7 Å². The number of Topliss-reactive ketones (excluding diaryl/α,β-unsaturated/α-hetero) is 1. The third kappa shape index (κ3) is 2.08. The molecule has 2 fully saturated rings. The van der Waals surface area contributed by atoms with Gasteiger partial charge in [0.05, 0.1) is 5.41 Å². The van der Waals surface area contributed by atoms with Gasteiger partial charge in [-0.15, -0.1) is 0 Å². The Hall–Kier alpha value is -1.71. The molecule has 0 bridgehead atoms. The molecule has 1 saturated heterocycles. The van der Waals surface area contributed by atoms with Gasteiger partial charge >= 0.3 is 5.97 Å². The summed E-state index contributed by atoms with van der Waals surface area (Å²) in [5.41, 5.74) is -1.66. The maximum Gasteiger partial charge on any atom is 0.320 e. The molecule has 1 unspecified atom stereocenters. The van der Waals surface area contributed by atoms with Gasteiger partial charge < -0.3 is 4.74 Å². The van der Waals surface area contributed by atoms with Gasteiger partial charge in [0.25, 0.3) is 0 Å². The molecule has 118 valence electrons. The van der Waals surface area contributed by atoms with Crippen LogP contribution in [-0.4, -0.2) is 11.8 Å². The fourth-order valence-corrected chi connectivity index (χ4v) is 3.92. The van der Waals surface area contributed by atoms with Crippen LogP contribution in [0, 0.1) is 16.6 Å². The summed E-state index contributed by atoms with van der Waals surface area (Å²) in [7, 11) is 0. The molecular weight excluding hydrogens is 283 g/mol. The number of cyclic esters (lactones) is 1. The molecule has 1 aromatic rings. The molecule has 1 aliphatic carbocycles. The summed E-state index contributed by atoms with van der Waals surface area (Å²) in [5, 5.41) is 0. The highest BCUT2D eigenvalue weighted by Crippen LogP contribution is 2.53.